The van der Waals surface area contributed by atoms with Crippen molar-refractivity contribution < 1.29 is 0 Å². The zero-order chi connectivity index (χ0) is 10.1. The highest BCUT2D eigenvalue weighted by Crippen LogP contribution is 2.36. The average Bonchev–Trinajstić information content (AvgIpc) is 2.75. The van der Waals surface area contributed by atoms with Crippen LogP contribution in [0.15, 0.2) is 0 Å². The van der Waals surface area contributed by atoms with Crippen molar-refractivity contribution in [3.63, 3.8) is 0 Å². The van der Waals surface area contributed by atoms with Gasteiger partial charge >= 0.3 is 0 Å². The van der Waals surface area contributed by atoms with Gasteiger partial charge in [0.2, 0.25) is 0 Å². The summed E-state index contributed by atoms with van der Waals surface area (Å²) in [7, 11) is 0. The normalized spacial score (nSPS) is 44.8. The van der Waals surface area contributed by atoms with Crippen molar-refractivity contribution in [3.05, 3.63) is 0 Å². The second-order valence-corrected chi connectivity index (χ2v) is 5.37. The van der Waals surface area contributed by atoms with Crippen molar-refractivity contribution in [1.82, 2.24) is 4.90 Å². The molecule has 2 heteroatoms. The quantitative estimate of drug-likeness (QED) is 0.728. The molecule has 4 atom stereocenters. The van der Waals surface area contributed by atoms with Gasteiger partial charge in [-0.1, -0.05) is 13.8 Å². The standard InChI is InChI=1S/C12H24N2/c1-9-3-4-12(10(9)2)14-6-5-11(7-13)8-14/h9-12H,3-8,13H2,1-2H3. The van der Waals surface area contributed by atoms with Gasteiger partial charge in [-0.25, -0.2) is 0 Å². The fourth-order valence-corrected chi connectivity index (χ4v) is 3.21. The number of hydrogen-bond donors (Lipinski definition) is 1. The van der Waals surface area contributed by atoms with Crippen molar-refractivity contribution in [2.75, 3.05) is 19.6 Å². The first-order valence-electron chi connectivity index (χ1n) is 6.16. The third-order valence-corrected chi connectivity index (χ3v) is 4.54. The molecule has 0 radical (unpaired) electrons. The molecule has 1 saturated carbocycles. The van der Waals surface area contributed by atoms with Crippen molar-refractivity contribution in [2.45, 2.75) is 39.2 Å². The summed E-state index contributed by atoms with van der Waals surface area (Å²) in [5.41, 5.74) is 5.73. The molecule has 1 saturated heterocycles. The Morgan fingerprint density at radius 1 is 1.21 bits per heavy atom. The van der Waals surface area contributed by atoms with Crippen molar-refractivity contribution in [3.8, 4) is 0 Å². The van der Waals surface area contributed by atoms with Crippen LogP contribution in [0.2, 0.25) is 0 Å². The van der Waals surface area contributed by atoms with Crippen LogP contribution in [0.1, 0.15) is 33.1 Å². The minimum absolute atomic E-state index is 0.776. The van der Waals surface area contributed by atoms with E-state index < -0.39 is 0 Å². The highest BCUT2D eigenvalue weighted by Gasteiger charge is 2.36. The highest BCUT2D eigenvalue weighted by atomic mass is 15.2. The molecule has 4 unspecified atom stereocenters. The fraction of sp³-hybridized carbons (Fsp3) is 1.00. The SMILES string of the molecule is CC1CCC(N2CCC(CN)C2)C1C. The van der Waals surface area contributed by atoms with Crippen LogP contribution in [0.4, 0.5) is 0 Å². The van der Waals surface area contributed by atoms with Gasteiger partial charge in [0, 0.05) is 12.6 Å². The Balaban J connectivity index is 1.90. The zero-order valence-electron chi connectivity index (χ0n) is 9.58. The molecule has 2 fully saturated rings. The Kier molecular flexibility index (Phi) is 3.13. The van der Waals surface area contributed by atoms with Gasteiger partial charge in [0.05, 0.1) is 0 Å². The molecular weight excluding hydrogens is 172 g/mol. The molecule has 2 rings (SSSR count). The third-order valence-electron chi connectivity index (χ3n) is 4.54. The molecule has 1 aliphatic heterocycles. The maximum Gasteiger partial charge on any atom is 0.0124 e. The molecule has 2 N–H and O–H groups in total. The van der Waals surface area contributed by atoms with Gasteiger partial charge in [-0.2, -0.15) is 0 Å². The van der Waals surface area contributed by atoms with Crippen LogP contribution in [-0.4, -0.2) is 30.6 Å². The minimum Gasteiger partial charge on any atom is -0.330 e. The van der Waals surface area contributed by atoms with E-state index >= 15 is 0 Å². The molecule has 2 nitrogen and oxygen atoms in total. The number of nitrogens with two attached hydrogens (primary N) is 1. The summed E-state index contributed by atoms with van der Waals surface area (Å²) >= 11 is 0. The summed E-state index contributed by atoms with van der Waals surface area (Å²) in [4.78, 5) is 2.70. The number of rotatable bonds is 2. The van der Waals surface area contributed by atoms with Gasteiger partial charge in [-0.3, -0.25) is 4.90 Å². The summed E-state index contributed by atoms with van der Waals surface area (Å²) in [6.45, 7) is 8.27. The molecule has 0 aromatic carbocycles. The van der Waals surface area contributed by atoms with Crippen molar-refractivity contribution >= 4 is 0 Å². The smallest absolute Gasteiger partial charge is 0.0124 e. The van der Waals surface area contributed by atoms with E-state index in [1.807, 2.05) is 0 Å². The van der Waals surface area contributed by atoms with Gasteiger partial charge in [-0.15, -0.1) is 0 Å². The van der Waals surface area contributed by atoms with Crippen LogP contribution in [0.25, 0.3) is 0 Å². The van der Waals surface area contributed by atoms with Crippen LogP contribution in [0.5, 0.6) is 0 Å². The molecule has 1 aliphatic carbocycles. The minimum atomic E-state index is 0.776. The van der Waals surface area contributed by atoms with Crippen LogP contribution >= 0.6 is 0 Å². The molecule has 0 aromatic rings. The largest absolute Gasteiger partial charge is 0.330 e. The predicted molar refractivity (Wildman–Crippen MR) is 60.1 cm³/mol. The van der Waals surface area contributed by atoms with Crippen LogP contribution in [0.3, 0.4) is 0 Å². The summed E-state index contributed by atoms with van der Waals surface area (Å²) in [5, 5.41) is 0. The van der Waals surface area contributed by atoms with Gasteiger partial charge in [-0.05, 0) is 50.1 Å². The van der Waals surface area contributed by atoms with E-state index in [-0.39, 0.29) is 0 Å². The van der Waals surface area contributed by atoms with Gasteiger partial charge in [0.15, 0.2) is 0 Å². The van der Waals surface area contributed by atoms with Crippen LogP contribution in [-0.2, 0) is 0 Å². The van der Waals surface area contributed by atoms with E-state index in [2.05, 4.69) is 18.7 Å². The maximum atomic E-state index is 5.73. The topological polar surface area (TPSA) is 29.3 Å². The summed E-state index contributed by atoms with van der Waals surface area (Å²) in [5.74, 6) is 2.60. The summed E-state index contributed by atoms with van der Waals surface area (Å²) in [6, 6.07) is 0.863. The van der Waals surface area contributed by atoms with Gasteiger partial charge in [0.1, 0.15) is 0 Å². The molecule has 82 valence electrons. The molecule has 1 heterocycles. The lowest BCUT2D eigenvalue weighted by atomic mass is 9.97. The Bertz CT molecular complexity index is 193. The Labute approximate surface area is 87.8 Å². The summed E-state index contributed by atoms with van der Waals surface area (Å²) in [6.07, 6.45) is 4.17. The zero-order valence-corrected chi connectivity index (χ0v) is 9.58. The number of likely N-dealkylation sites (tertiary alicyclic amines) is 1. The van der Waals surface area contributed by atoms with Crippen molar-refractivity contribution in [2.24, 2.45) is 23.5 Å². The second-order valence-electron chi connectivity index (χ2n) is 5.37. The van der Waals surface area contributed by atoms with E-state index in [4.69, 9.17) is 5.73 Å². The molecule has 0 bridgehead atoms. The first kappa shape index (κ1) is 10.4. The molecule has 14 heavy (non-hydrogen) atoms. The van der Waals surface area contributed by atoms with Crippen LogP contribution in [0, 0.1) is 17.8 Å². The molecule has 2 aliphatic rings. The van der Waals surface area contributed by atoms with Crippen LogP contribution < -0.4 is 5.73 Å². The lowest BCUT2D eigenvalue weighted by molar-refractivity contribution is 0.186. The Morgan fingerprint density at radius 3 is 2.50 bits per heavy atom. The second kappa shape index (κ2) is 4.19. The van der Waals surface area contributed by atoms with E-state index in [0.717, 1.165) is 30.3 Å². The van der Waals surface area contributed by atoms with E-state index in [1.165, 1.54) is 32.4 Å². The number of nitrogens with zero attached hydrogens (tertiary/aromatic N) is 1. The summed E-state index contributed by atoms with van der Waals surface area (Å²) < 4.78 is 0. The first-order chi connectivity index (χ1) is 6.72. The molecule has 0 spiro atoms. The molecular formula is C12H24N2. The predicted octanol–water partition coefficient (Wildman–Crippen LogP) is 1.70. The van der Waals surface area contributed by atoms with Gasteiger partial charge < -0.3 is 5.73 Å². The Morgan fingerprint density at radius 2 is 2.00 bits per heavy atom. The molecule has 0 aromatic heterocycles. The lowest BCUT2D eigenvalue weighted by Gasteiger charge is -2.28. The number of hydrogen-bond acceptors (Lipinski definition) is 2. The van der Waals surface area contributed by atoms with E-state index in [9.17, 15) is 0 Å². The average molecular weight is 196 g/mol. The third kappa shape index (κ3) is 1.82. The lowest BCUT2D eigenvalue weighted by Crippen LogP contribution is -2.36. The van der Waals surface area contributed by atoms with Crippen molar-refractivity contribution in [1.29, 1.82) is 0 Å². The van der Waals surface area contributed by atoms with E-state index in [1.54, 1.807) is 0 Å². The highest BCUT2D eigenvalue weighted by molar-refractivity contribution is 4.90. The first-order valence-corrected chi connectivity index (χ1v) is 6.16. The van der Waals surface area contributed by atoms with E-state index in [0.29, 0.717) is 0 Å². The Hall–Kier alpha value is -0.0800. The maximum absolute atomic E-state index is 5.73. The molecule has 0 amide bonds. The fourth-order valence-electron chi connectivity index (χ4n) is 3.21. The monoisotopic (exact) mass is 196 g/mol. The van der Waals surface area contributed by atoms with Gasteiger partial charge in [0.25, 0.3) is 0 Å².